The largest absolute Gasteiger partial charge is 0.336 e. The van der Waals surface area contributed by atoms with Crippen molar-refractivity contribution in [3.05, 3.63) is 26.7 Å². The van der Waals surface area contributed by atoms with Gasteiger partial charge in [0.05, 0.1) is 0 Å². The van der Waals surface area contributed by atoms with Crippen LogP contribution in [0.3, 0.4) is 0 Å². The molecule has 0 bridgehead atoms. The fourth-order valence-electron chi connectivity index (χ4n) is 3.53. The predicted molar refractivity (Wildman–Crippen MR) is 81.7 cm³/mol. The number of imidazole rings is 1. The third kappa shape index (κ3) is 2.13. The summed E-state index contributed by atoms with van der Waals surface area (Å²) >= 11 is 0. The lowest BCUT2D eigenvalue weighted by Gasteiger charge is -2.24. The van der Waals surface area contributed by atoms with Crippen LogP contribution in [0.1, 0.15) is 58.2 Å². The lowest BCUT2D eigenvalue weighted by atomic mass is 9.83. The Hall–Kier alpha value is -1.85. The van der Waals surface area contributed by atoms with Gasteiger partial charge in [0.2, 0.25) is 0 Å². The lowest BCUT2D eigenvalue weighted by molar-refractivity contribution is 0.403. The number of nitrogens with one attached hydrogen (secondary N) is 2. The molecule has 6 heteroatoms. The van der Waals surface area contributed by atoms with Gasteiger partial charge in [-0.25, -0.2) is 9.78 Å². The molecule has 0 unspecified atom stereocenters. The summed E-state index contributed by atoms with van der Waals surface area (Å²) in [6.07, 6.45) is 6.41. The third-order valence-electron chi connectivity index (χ3n) is 4.82. The number of hydrogen-bond donors (Lipinski definition) is 2. The summed E-state index contributed by atoms with van der Waals surface area (Å²) in [6, 6.07) is 0. The van der Waals surface area contributed by atoms with Gasteiger partial charge >= 0.3 is 5.69 Å². The summed E-state index contributed by atoms with van der Waals surface area (Å²) in [6.45, 7) is 4.73. The van der Waals surface area contributed by atoms with Crippen LogP contribution in [0.5, 0.6) is 0 Å². The molecular formula is C15H22N4O2. The number of aryl methyl sites for hydroxylation is 1. The van der Waals surface area contributed by atoms with Gasteiger partial charge < -0.3 is 4.98 Å². The molecule has 2 aromatic heterocycles. The van der Waals surface area contributed by atoms with Crippen LogP contribution in [-0.2, 0) is 12.0 Å². The predicted octanol–water partition coefficient (Wildman–Crippen LogP) is 2.04. The van der Waals surface area contributed by atoms with Crippen LogP contribution in [0.2, 0.25) is 0 Å². The molecule has 2 heterocycles. The molecule has 114 valence electrons. The molecule has 0 saturated heterocycles. The van der Waals surface area contributed by atoms with Crippen molar-refractivity contribution in [3.8, 4) is 0 Å². The first kappa shape index (κ1) is 14.1. The molecule has 1 fully saturated rings. The van der Waals surface area contributed by atoms with Gasteiger partial charge in [0.1, 0.15) is 11.3 Å². The Morgan fingerprint density at radius 2 is 1.90 bits per heavy atom. The van der Waals surface area contributed by atoms with Crippen LogP contribution in [0.15, 0.2) is 9.59 Å². The second kappa shape index (κ2) is 5.16. The van der Waals surface area contributed by atoms with Crippen molar-refractivity contribution in [2.24, 2.45) is 0 Å². The topological polar surface area (TPSA) is 83.5 Å². The van der Waals surface area contributed by atoms with Crippen LogP contribution >= 0.6 is 0 Å². The lowest BCUT2D eigenvalue weighted by Crippen LogP contribution is -2.30. The zero-order valence-corrected chi connectivity index (χ0v) is 12.7. The van der Waals surface area contributed by atoms with Crippen molar-refractivity contribution in [2.45, 2.75) is 64.3 Å². The summed E-state index contributed by atoms with van der Waals surface area (Å²) < 4.78 is 1.56. The molecule has 0 aliphatic heterocycles. The van der Waals surface area contributed by atoms with Gasteiger partial charge in [0.15, 0.2) is 5.65 Å². The van der Waals surface area contributed by atoms with Gasteiger partial charge in [-0.15, -0.1) is 0 Å². The molecule has 0 amide bonds. The van der Waals surface area contributed by atoms with Crippen molar-refractivity contribution < 1.29 is 0 Å². The minimum Gasteiger partial charge on any atom is -0.336 e. The fourth-order valence-corrected chi connectivity index (χ4v) is 3.53. The molecule has 6 nitrogen and oxygen atoms in total. The van der Waals surface area contributed by atoms with Gasteiger partial charge in [-0.2, -0.15) is 0 Å². The maximum absolute atomic E-state index is 12.0. The number of aromatic nitrogens is 4. The Labute approximate surface area is 122 Å². The van der Waals surface area contributed by atoms with E-state index in [1.807, 2.05) is 6.92 Å². The van der Waals surface area contributed by atoms with E-state index in [0.29, 0.717) is 17.7 Å². The summed E-state index contributed by atoms with van der Waals surface area (Å²) in [5.41, 5.74) is 0.228. The van der Waals surface area contributed by atoms with E-state index < -0.39 is 0 Å². The number of H-pyrrole nitrogens is 2. The zero-order chi connectivity index (χ0) is 15.0. The fraction of sp³-hybridized carbons (Fsp3) is 0.667. The number of aromatic amines is 2. The Kier molecular flexibility index (Phi) is 3.47. The van der Waals surface area contributed by atoms with Gasteiger partial charge in [-0.1, -0.05) is 26.7 Å². The zero-order valence-electron chi connectivity index (χ0n) is 12.7. The first-order chi connectivity index (χ1) is 10.1. The van der Waals surface area contributed by atoms with Crippen molar-refractivity contribution in [3.63, 3.8) is 0 Å². The molecule has 2 N–H and O–H groups in total. The molecule has 21 heavy (non-hydrogen) atoms. The molecule has 1 saturated carbocycles. The summed E-state index contributed by atoms with van der Waals surface area (Å²) in [5.74, 6) is 0.874. The van der Waals surface area contributed by atoms with Crippen molar-refractivity contribution in [1.29, 1.82) is 0 Å². The van der Waals surface area contributed by atoms with E-state index in [1.165, 1.54) is 12.8 Å². The molecular weight excluding hydrogens is 268 g/mol. The van der Waals surface area contributed by atoms with Gasteiger partial charge in [0.25, 0.3) is 5.56 Å². The molecule has 2 aromatic rings. The Bertz CT molecular complexity index is 762. The number of nitrogens with zero attached hydrogens (tertiary/aromatic N) is 2. The van der Waals surface area contributed by atoms with Gasteiger partial charge in [0, 0.05) is 12.0 Å². The normalized spacial score (nSPS) is 17.6. The number of fused-ring (bicyclic) bond motifs is 1. The first-order valence-electron chi connectivity index (χ1n) is 7.84. The first-order valence-corrected chi connectivity index (χ1v) is 7.84. The van der Waals surface area contributed by atoms with Gasteiger partial charge in [-0.3, -0.25) is 14.3 Å². The van der Waals surface area contributed by atoms with Crippen LogP contribution < -0.4 is 11.2 Å². The average molecular weight is 290 g/mol. The maximum atomic E-state index is 12.0. The smallest absolute Gasteiger partial charge is 0.330 e. The van der Waals surface area contributed by atoms with E-state index in [4.69, 9.17) is 0 Å². The summed E-state index contributed by atoms with van der Waals surface area (Å²) in [5, 5.41) is 0. The minimum absolute atomic E-state index is 0.0402. The monoisotopic (exact) mass is 290 g/mol. The van der Waals surface area contributed by atoms with Crippen LogP contribution in [0.25, 0.3) is 11.2 Å². The van der Waals surface area contributed by atoms with Crippen molar-refractivity contribution >= 4 is 11.2 Å². The molecule has 0 radical (unpaired) electrons. The highest BCUT2D eigenvalue weighted by Gasteiger charge is 2.37. The second-order valence-corrected chi connectivity index (χ2v) is 6.04. The molecule has 3 rings (SSSR count). The van der Waals surface area contributed by atoms with E-state index in [1.54, 1.807) is 4.57 Å². The van der Waals surface area contributed by atoms with E-state index in [-0.39, 0.29) is 16.7 Å². The highest BCUT2D eigenvalue weighted by atomic mass is 16.2. The standard InChI is InChI=1S/C15H22N4O2/c1-3-9-19-11-10(12(20)18-14(19)21)16-13(17-11)15(4-2)7-5-6-8-15/h3-9H2,1-2H3,(H,16,17)(H,18,20,21). The summed E-state index contributed by atoms with van der Waals surface area (Å²) in [7, 11) is 0. The molecule has 1 aliphatic carbocycles. The highest BCUT2D eigenvalue weighted by molar-refractivity contribution is 5.70. The van der Waals surface area contributed by atoms with Gasteiger partial charge in [-0.05, 0) is 25.7 Å². The second-order valence-electron chi connectivity index (χ2n) is 6.04. The molecule has 0 spiro atoms. The number of rotatable bonds is 4. The van der Waals surface area contributed by atoms with Crippen molar-refractivity contribution in [1.82, 2.24) is 19.5 Å². The van der Waals surface area contributed by atoms with E-state index >= 15 is 0 Å². The Morgan fingerprint density at radius 3 is 2.52 bits per heavy atom. The minimum atomic E-state index is -0.371. The summed E-state index contributed by atoms with van der Waals surface area (Å²) in [4.78, 5) is 34.3. The van der Waals surface area contributed by atoms with E-state index in [2.05, 4.69) is 21.9 Å². The van der Waals surface area contributed by atoms with E-state index in [9.17, 15) is 9.59 Å². The SMILES string of the molecule is CCCn1c(=O)[nH]c(=O)c2[nH]c(C3(CC)CCCC3)nc21. The molecule has 1 aliphatic rings. The van der Waals surface area contributed by atoms with E-state index in [0.717, 1.165) is 31.5 Å². The Balaban J connectivity index is 2.24. The third-order valence-corrected chi connectivity index (χ3v) is 4.82. The van der Waals surface area contributed by atoms with Crippen LogP contribution in [0.4, 0.5) is 0 Å². The van der Waals surface area contributed by atoms with Crippen molar-refractivity contribution in [2.75, 3.05) is 0 Å². The molecule has 0 atom stereocenters. The van der Waals surface area contributed by atoms with Crippen LogP contribution in [-0.4, -0.2) is 19.5 Å². The van der Waals surface area contributed by atoms with Crippen LogP contribution in [0, 0.1) is 0 Å². The average Bonchev–Trinajstić information content (AvgIpc) is 3.10. The maximum Gasteiger partial charge on any atom is 0.330 e. The quantitative estimate of drug-likeness (QED) is 0.904. The highest BCUT2D eigenvalue weighted by Crippen LogP contribution is 2.42. The number of hydrogen-bond acceptors (Lipinski definition) is 3. The Morgan fingerprint density at radius 1 is 1.19 bits per heavy atom. The molecule has 0 aromatic carbocycles.